The van der Waals surface area contributed by atoms with Gasteiger partial charge in [0.2, 0.25) is 0 Å². The molecule has 15 heteroatoms. The first-order valence-corrected chi connectivity index (χ1v) is 22.6. The molecule has 0 spiro atoms. The van der Waals surface area contributed by atoms with Gasteiger partial charge in [0.25, 0.3) is 0 Å². The van der Waals surface area contributed by atoms with Crippen molar-refractivity contribution in [1.29, 1.82) is 0 Å². The first-order chi connectivity index (χ1) is 28.1. The van der Waals surface area contributed by atoms with Crippen LogP contribution in [0, 0.1) is 0 Å². The summed E-state index contributed by atoms with van der Waals surface area (Å²) in [5, 5.41) is 5.56. The topological polar surface area (TPSA) is 196 Å². The molecular weight excluding hydrogens is 767 g/mol. The van der Waals surface area contributed by atoms with Crippen LogP contribution < -0.4 is 10.6 Å². The zero-order valence-corrected chi connectivity index (χ0v) is 35.1. The number of amides is 2. The van der Waals surface area contributed by atoms with Gasteiger partial charge in [-0.25, -0.2) is 14.2 Å². The molecule has 0 heterocycles. The Labute approximate surface area is 344 Å². The smallest absolute Gasteiger partial charge is 0.462 e. The number of alkyl carbamates (subject to hydrolysis) is 2. The van der Waals surface area contributed by atoms with Crippen LogP contribution in [0.4, 0.5) is 9.59 Å². The molecule has 2 aromatic rings. The van der Waals surface area contributed by atoms with Gasteiger partial charge in [-0.2, -0.15) is 0 Å². The van der Waals surface area contributed by atoms with Gasteiger partial charge in [-0.1, -0.05) is 151 Å². The van der Waals surface area contributed by atoms with Crippen LogP contribution in [0.15, 0.2) is 60.7 Å². The number of carbonyl (C=O) groups is 4. The Balaban J connectivity index is 1.41. The maximum absolute atomic E-state index is 12.4. The highest BCUT2D eigenvalue weighted by Crippen LogP contribution is 2.36. The number of esters is 2. The highest BCUT2D eigenvalue weighted by atomic mass is 31.2. The van der Waals surface area contributed by atoms with Crippen LogP contribution in [0.1, 0.15) is 140 Å². The van der Waals surface area contributed by atoms with E-state index in [1.807, 2.05) is 60.7 Å². The van der Waals surface area contributed by atoms with Crippen molar-refractivity contribution in [3.63, 3.8) is 0 Å². The summed E-state index contributed by atoms with van der Waals surface area (Å²) >= 11 is 0. The average Bonchev–Trinajstić information content (AvgIpc) is 3.21. The number of hydrogen-bond acceptors (Lipinski definition) is 10. The average molecular weight is 835 g/mol. The minimum atomic E-state index is -4.80. The molecule has 2 rings (SSSR count). The molecule has 2 aromatic carbocycles. The Kier molecular flexibility index (Phi) is 28.5. The van der Waals surface area contributed by atoms with Crippen molar-refractivity contribution in [1.82, 2.24) is 10.6 Å². The standard InChI is InChI=1S/C43H67N2O12P/c46-40(29-21-11-7-3-1-5-9-13-23-31-44-42(48)54-33-37-25-17-15-18-26-37)53-35-39(36-56-58(50,51)52)57-41(47)30-22-12-8-4-2-6-10-14-24-32-45-43(49)55-34-38-27-19-16-20-28-38/h15-20,25-28,39H,1-14,21-24,29-36H2,(H,44,48)(H,45,49)(H2,50,51,52)/t39-/m1/s1. The summed E-state index contributed by atoms with van der Waals surface area (Å²) in [4.78, 5) is 66.5. The Hall–Kier alpha value is -3.97. The van der Waals surface area contributed by atoms with Gasteiger partial charge in [-0.15, -0.1) is 0 Å². The largest absolute Gasteiger partial charge is 0.469 e. The Morgan fingerprint density at radius 1 is 0.500 bits per heavy atom. The molecule has 58 heavy (non-hydrogen) atoms. The molecule has 0 radical (unpaired) electrons. The molecule has 0 bridgehead atoms. The first kappa shape index (κ1) is 50.2. The van der Waals surface area contributed by atoms with E-state index in [0.29, 0.717) is 25.9 Å². The number of rotatable bonds is 34. The van der Waals surface area contributed by atoms with Gasteiger partial charge in [0, 0.05) is 25.9 Å². The van der Waals surface area contributed by atoms with Crippen molar-refractivity contribution in [3.8, 4) is 0 Å². The van der Waals surface area contributed by atoms with E-state index in [2.05, 4.69) is 15.2 Å². The fourth-order valence-electron chi connectivity index (χ4n) is 5.99. The normalized spacial score (nSPS) is 11.7. The van der Waals surface area contributed by atoms with Gasteiger partial charge in [0.1, 0.15) is 19.8 Å². The molecule has 0 unspecified atom stereocenters. The fraction of sp³-hybridized carbons (Fsp3) is 0.628. The first-order valence-electron chi connectivity index (χ1n) is 21.0. The summed E-state index contributed by atoms with van der Waals surface area (Å²) < 4.78 is 36.8. The van der Waals surface area contributed by atoms with Crippen LogP contribution in [0.25, 0.3) is 0 Å². The summed E-state index contributed by atoms with van der Waals surface area (Å²) in [7, 11) is -4.80. The highest BCUT2D eigenvalue weighted by Gasteiger charge is 2.23. The molecule has 0 aliphatic carbocycles. The highest BCUT2D eigenvalue weighted by molar-refractivity contribution is 7.46. The minimum Gasteiger partial charge on any atom is -0.462 e. The summed E-state index contributed by atoms with van der Waals surface area (Å²) in [6.07, 6.45) is 15.9. The van der Waals surface area contributed by atoms with Crippen LogP contribution in [0.5, 0.6) is 0 Å². The van der Waals surface area contributed by atoms with Crippen molar-refractivity contribution in [2.75, 3.05) is 26.3 Å². The lowest BCUT2D eigenvalue weighted by molar-refractivity contribution is -0.161. The third kappa shape index (κ3) is 30.2. The molecular formula is C43H67N2O12P. The van der Waals surface area contributed by atoms with E-state index in [-0.39, 0.29) is 32.7 Å². The van der Waals surface area contributed by atoms with E-state index in [4.69, 9.17) is 28.7 Å². The molecule has 0 aliphatic rings. The summed E-state index contributed by atoms with van der Waals surface area (Å²) in [5.41, 5.74) is 1.90. The van der Waals surface area contributed by atoms with Crippen LogP contribution in [-0.2, 0) is 50.8 Å². The lowest BCUT2D eigenvalue weighted by Gasteiger charge is -2.18. The number of benzene rings is 2. The van der Waals surface area contributed by atoms with E-state index in [1.165, 1.54) is 0 Å². The molecule has 4 N–H and O–H groups in total. The number of phosphoric ester groups is 1. The second-order valence-corrected chi connectivity index (χ2v) is 15.7. The number of ether oxygens (including phenoxy) is 4. The number of nitrogens with one attached hydrogen (secondary N) is 2. The van der Waals surface area contributed by atoms with Gasteiger partial charge in [0.15, 0.2) is 6.10 Å². The molecule has 14 nitrogen and oxygen atoms in total. The van der Waals surface area contributed by atoms with E-state index in [9.17, 15) is 23.7 Å². The molecule has 2 amide bonds. The Morgan fingerprint density at radius 3 is 1.29 bits per heavy atom. The molecule has 0 aromatic heterocycles. The molecule has 0 saturated heterocycles. The van der Waals surface area contributed by atoms with Crippen molar-refractivity contribution < 1.29 is 57.0 Å². The van der Waals surface area contributed by atoms with Crippen LogP contribution in [-0.4, -0.2) is 66.3 Å². The van der Waals surface area contributed by atoms with E-state index >= 15 is 0 Å². The van der Waals surface area contributed by atoms with E-state index in [1.54, 1.807) is 0 Å². The number of unbranched alkanes of at least 4 members (excludes halogenated alkanes) is 16. The Morgan fingerprint density at radius 2 is 0.879 bits per heavy atom. The Bertz CT molecular complexity index is 1430. The van der Waals surface area contributed by atoms with Crippen LogP contribution >= 0.6 is 7.82 Å². The summed E-state index contributed by atoms with van der Waals surface area (Å²) in [6, 6.07) is 19.1. The second-order valence-electron chi connectivity index (χ2n) is 14.4. The quantitative estimate of drug-likeness (QED) is 0.0226. The predicted octanol–water partition coefficient (Wildman–Crippen LogP) is 9.21. The summed E-state index contributed by atoms with van der Waals surface area (Å²) in [5.74, 6) is -1.01. The lowest BCUT2D eigenvalue weighted by Crippen LogP contribution is -2.29. The lowest BCUT2D eigenvalue weighted by atomic mass is 10.1. The second kappa shape index (κ2) is 32.9. The number of phosphoric acid groups is 1. The van der Waals surface area contributed by atoms with Crippen molar-refractivity contribution in [2.45, 2.75) is 148 Å². The monoisotopic (exact) mass is 834 g/mol. The van der Waals surface area contributed by atoms with Crippen molar-refractivity contribution in [2.24, 2.45) is 0 Å². The SMILES string of the molecule is O=C(CCCCCCCCCCCNC(=O)OCc1ccccc1)OC[C@H](COP(=O)(O)O)OC(=O)CCCCCCCCCCCNC(=O)OCc1ccccc1. The van der Waals surface area contributed by atoms with Gasteiger partial charge < -0.3 is 39.4 Å². The predicted molar refractivity (Wildman–Crippen MR) is 220 cm³/mol. The van der Waals surface area contributed by atoms with Gasteiger partial charge in [0.05, 0.1) is 6.61 Å². The maximum Gasteiger partial charge on any atom is 0.469 e. The van der Waals surface area contributed by atoms with Gasteiger partial charge in [-0.05, 0) is 36.8 Å². The van der Waals surface area contributed by atoms with Crippen LogP contribution in [0.2, 0.25) is 0 Å². The number of carbonyl (C=O) groups excluding carboxylic acids is 4. The third-order valence-electron chi connectivity index (χ3n) is 9.24. The molecule has 0 saturated carbocycles. The van der Waals surface area contributed by atoms with Gasteiger partial charge >= 0.3 is 31.9 Å². The van der Waals surface area contributed by atoms with E-state index < -0.39 is 44.7 Å². The third-order valence-corrected chi connectivity index (χ3v) is 9.72. The molecule has 0 fully saturated rings. The number of hydrogen-bond donors (Lipinski definition) is 4. The zero-order valence-electron chi connectivity index (χ0n) is 34.2. The van der Waals surface area contributed by atoms with Crippen molar-refractivity contribution >= 4 is 31.9 Å². The van der Waals surface area contributed by atoms with Crippen molar-refractivity contribution in [3.05, 3.63) is 71.8 Å². The molecule has 0 aliphatic heterocycles. The summed E-state index contributed by atoms with van der Waals surface area (Å²) in [6.45, 7) is 0.754. The van der Waals surface area contributed by atoms with E-state index in [0.717, 1.165) is 114 Å². The van der Waals surface area contributed by atoms with Crippen LogP contribution in [0.3, 0.4) is 0 Å². The molecule has 326 valence electrons. The fourth-order valence-corrected chi connectivity index (χ4v) is 6.35. The van der Waals surface area contributed by atoms with Gasteiger partial charge in [-0.3, -0.25) is 14.1 Å². The minimum absolute atomic E-state index is 0.143. The zero-order chi connectivity index (χ0) is 41.9. The maximum atomic E-state index is 12.4. The molecule has 1 atom stereocenters.